The molecule has 0 atom stereocenters. The van der Waals surface area contributed by atoms with Gasteiger partial charge in [-0.05, 0) is 36.1 Å². The highest BCUT2D eigenvalue weighted by Crippen LogP contribution is 2.39. The Morgan fingerprint density at radius 2 is 1.86 bits per heavy atom. The summed E-state index contributed by atoms with van der Waals surface area (Å²) in [6.07, 6.45) is 13.9. The van der Waals surface area contributed by atoms with Crippen molar-refractivity contribution in [1.29, 1.82) is 0 Å². The van der Waals surface area contributed by atoms with E-state index in [9.17, 15) is 0 Å². The molecule has 5 heterocycles. The molecule has 0 radical (unpaired) electrons. The third-order valence-electron chi connectivity index (χ3n) is 6.51. The van der Waals surface area contributed by atoms with E-state index in [2.05, 4.69) is 21.2 Å². The van der Waals surface area contributed by atoms with E-state index in [4.69, 9.17) is 19.8 Å². The zero-order chi connectivity index (χ0) is 24.6. The predicted octanol–water partition coefficient (Wildman–Crippen LogP) is 2.87. The van der Waals surface area contributed by atoms with Gasteiger partial charge in [-0.1, -0.05) is 0 Å². The Hall–Kier alpha value is -4.18. The third kappa shape index (κ3) is 4.09. The number of pyridine rings is 1. The summed E-state index contributed by atoms with van der Waals surface area (Å²) in [5.41, 5.74) is 9.23. The lowest BCUT2D eigenvalue weighted by molar-refractivity contribution is 0.183. The van der Waals surface area contributed by atoms with Gasteiger partial charge in [-0.25, -0.2) is 9.97 Å². The normalized spacial score (nSPS) is 12.5. The van der Waals surface area contributed by atoms with Crippen LogP contribution < -0.4 is 0 Å². The van der Waals surface area contributed by atoms with Gasteiger partial charge in [-0.15, -0.1) is 0 Å². The summed E-state index contributed by atoms with van der Waals surface area (Å²) in [7, 11) is 5.58. The van der Waals surface area contributed by atoms with Crippen LogP contribution in [0.4, 0.5) is 0 Å². The fourth-order valence-corrected chi connectivity index (χ4v) is 4.76. The quantitative estimate of drug-likeness (QED) is 0.352. The van der Waals surface area contributed by atoms with Gasteiger partial charge in [0.25, 0.3) is 0 Å². The Morgan fingerprint density at radius 1 is 0.944 bits per heavy atom. The van der Waals surface area contributed by atoms with Gasteiger partial charge in [0.05, 0.1) is 48.3 Å². The summed E-state index contributed by atoms with van der Waals surface area (Å²) in [6.45, 7) is 1.35. The second kappa shape index (κ2) is 9.12. The van der Waals surface area contributed by atoms with Crippen LogP contribution >= 0.6 is 0 Å². The van der Waals surface area contributed by atoms with Crippen molar-refractivity contribution in [1.82, 2.24) is 44.3 Å². The Labute approximate surface area is 208 Å². The predicted molar refractivity (Wildman–Crippen MR) is 134 cm³/mol. The number of fused-ring (bicyclic) bond motifs is 3. The third-order valence-corrected chi connectivity index (χ3v) is 6.51. The lowest BCUT2D eigenvalue weighted by Gasteiger charge is -2.16. The lowest BCUT2D eigenvalue weighted by atomic mass is 9.91. The van der Waals surface area contributed by atoms with Gasteiger partial charge >= 0.3 is 0 Å². The molecule has 0 amide bonds. The minimum absolute atomic E-state index is 0.618. The van der Waals surface area contributed by atoms with E-state index >= 15 is 0 Å². The van der Waals surface area contributed by atoms with E-state index in [1.165, 1.54) is 0 Å². The van der Waals surface area contributed by atoms with Crippen LogP contribution in [0, 0.1) is 0 Å². The van der Waals surface area contributed by atoms with Gasteiger partial charge in [-0.3, -0.25) is 19.0 Å². The van der Waals surface area contributed by atoms with Crippen LogP contribution in [0.2, 0.25) is 0 Å². The molecule has 0 N–H and O–H groups in total. The fraction of sp³-hybridized carbons (Fsp3) is 0.308. The van der Waals surface area contributed by atoms with Crippen molar-refractivity contribution in [3.8, 4) is 33.8 Å². The van der Waals surface area contributed by atoms with Crippen molar-refractivity contribution in [3.63, 3.8) is 0 Å². The highest BCUT2D eigenvalue weighted by Gasteiger charge is 2.27. The number of aryl methyl sites for hydroxylation is 4. The minimum Gasteiger partial charge on any atom is -0.383 e. The minimum atomic E-state index is 0.618. The van der Waals surface area contributed by atoms with Crippen molar-refractivity contribution >= 4 is 0 Å². The number of ether oxygens (including phenoxy) is 1. The van der Waals surface area contributed by atoms with Crippen LogP contribution in [0.25, 0.3) is 33.8 Å². The van der Waals surface area contributed by atoms with Crippen molar-refractivity contribution in [2.24, 2.45) is 14.1 Å². The van der Waals surface area contributed by atoms with Crippen molar-refractivity contribution in [2.45, 2.75) is 25.8 Å². The zero-order valence-corrected chi connectivity index (χ0v) is 20.6. The van der Waals surface area contributed by atoms with E-state index in [0.29, 0.717) is 13.0 Å². The Bertz CT molecular complexity index is 1530. The second-order valence-electron chi connectivity index (χ2n) is 9.07. The van der Waals surface area contributed by atoms with Gasteiger partial charge in [0.1, 0.15) is 5.82 Å². The van der Waals surface area contributed by atoms with Gasteiger partial charge in [0.2, 0.25) is 0 Å². The van der Waals surface area contributed by atoms with Crippen molar-refractivity contribution < 1.29 is 4.74 Å². The highest BCUT2D eigenvalue weighted by atomic mass is 16.5. The monoisotopic (exact) mass is 481 g/mol. The molecule has 5 aromatic rings. The molecule has 0 saturated carbocycles. The van der Waals surface area contributed by atoms with Crippen LogP contribution in [0.5, 0.6) is 0 Å². The summed E-state index contributed by atoms with van der Waals surface area (Å²) < 4.78 is 10.8. The average Bonchev–Trinajstić information content (AvgIpc) is 3.61. The van der Waals surface area contributed by atoms with Crippen LogP contribution in [0.3, 0.4) is 0 Å². The maximum Gasteiger partial charge on any atom is 0.133 e. The molecule has 5 aromatic heterocycles. The highest BCUT2D eigenvalue weighted by molar-refractivity contribution is 5.84. The van der Waals surface area contributed by atoms with Crippen LogP contribution in [0.15, 0.2) is 49.3 Å². The first-order valence-corrected chi connectivity index (χ1v) is 12.0. The van der Waals surface area contributed by atoms with Crippen LogP contribution in [-0.2, 0) is 44.6 Å². The summed E-state index contributed by atoms with van der Waals surface area (Å²) in [5, 5.41) is 13.5. The molecular weight excluding hydrogens is 454 g/mol. The summed E-state index contributed by atoms with van der Waals surface area (Å²) in [5.74, 6) is 0.771. The Balaban J connectivity index is 1.34. The first kappa shape index (κ1) is 22.3. The standard InChI is InChI=1S/C26H27N9O/c1-33-16-20(14-29-33)21-6-5-19(13-27-21)26-24-22(32-34(26)2)7-4-18-12-28-23(31-25(18)24)10-17-11-30-35(15-17)8-9-36-3/h5-6,11-16H,4,7-10H2,1-3H3. The molecule has 0 aromatic carbocycles. The number of hydrogen-bond donors (Lipinski definition) is 0. The molecule has 0 unspecified atom stereocenters. The van der Waals surface area contributed by atoms with Crippen molar-refractivity contribution in [2.75, 3.05) is 13.7 Å². The molecule has 6 rings (SSSR count). The van der Waals surface area contributed by atoms with Gasteiger partial charge in [0.15, 0.2) is 0 Å². The molecule has 0 fully saturated rings. The number of nitrogens with zero attached hydrogens (tertiary/aromatic N) is 9. The molecule has 1 aliphatic carbocycles. The maximum absolute atomic E-state index is 5.15. The maximum atomic E-state index is 5.15. The molecule has 0 aliphatic heterocycles. The smallest absolute Gasteiger partial charge is 0.133 e. The molecule has 10 nitrogen and oxygen atoms in total. The fourth-order valence-electron chi connectivity index (χ4n) is 4.76. The van der Waals surface area contributed by atoms with E-state index < -0.39 is 0 Å². The number of methoxy groups -OCH3 is 1. The molecule has 10 heteroatoms. The first-order chi connectivity index (χ1) is 17.6. The largest absolute Gasteiger partial charge is 0.383 e. The van der Waals surface area contributed by atoms with E-state index in [-0.39, 0.29) is 0 Å². The average molecular weight is 482 g/mol. The number of hydrogen-bond acceptors (Lipinski definition) is 7. The molecule has 0 bridgehead atoms. The van der Waals surface area contributed by atoms with E-state index in [1.807, 2.05) is 66.7 Å². The summed E-state index contributed by atoms with van der Waals surface area (Å²) in [6, 6.07) is 4.12. The molecule has 182 valence electrons. The van der Waals surface area contributed by atoms with Gasteiger partial charge in [0, 0.05) is 69.1 Å². The topological polar surface area (TPSA) is 101 Å². The summed E-state index contributed by atoms with van der Waals surface area (Å²) in [4.78, 5) is 14.4. The number of rotatable bonds is 7. The van der Waals surface area contributed by atoms with E-state index in [0.717, 1.165) is 75.8 Å². The molecule has 0 saturated heterocycles. The lowest BCUT2D eigenvalue weighted by Crippen LogP contribution is -2.09. The van der Waals surface area contributed by atoms with Crippen molar-refractivity contribution in [3.05, 3.63) is 72.0 Å². The van der Waals surface area contributed by atoms with Crippen LogP contribution in [0.1, 0.15) is 22.6 Å². The van der Waals surface area contributed by atoms with Crippen LogP contribution in [-0.4, -0.2) is 58.0 Å². The SMILES string of the molecule is COCCn1cc(Cc2ncc3c(n2)-c2c(nn(C)c2-c2ccc(-c4cnn(C)c4)nc2)CC3)cn1. The zero-order valence-electron chi connectivity index (χ0n) is 20.6. The van der Waals surface area contributed by atoms with Gasteiger partial charge in [-0.2, -0.15) is 15.3 Å². The molecule has 36 heavy (non-hydrogen) atoms. The second-order valence-corrected chi connectivity index (χ2v) is 9.07. The summed E-state index contributed by atoms with van der Waals surface area (Å²) >= 11 is 0. The Kier molecular flexibility index (Phi) is 5.65. The molecular formula is C26H27N9O. The van der Waals surface area contributed by atoms with E-state index in [1.54, 1.807) is 11.8 Å². The molecule has 1 aliphatic rings. The number of aromatic nitrogens is 9. The first-order valence-electron chi connectivity index (χ1n) is 12.0. The molecule has 0 spiro atoms. The Morgan fingerprint density at radius 3 is 2.64 bits per heavy atom. The van der Waals surface area contributed by atoms with Gasteiger partial charge < -0.3 is 4.74 Å².